The number of carboxylic acid groups (broad SMARTS) is 1. The van der Waals surface area contributed by atoms with Crippen LogP contribution in [-0.2, 0) is 0 Å². The van der Waals surface area contributed by atoms with E-state index in [0.717, 1.165) is 6.07 Å². The second kappa shape index (κ2) is 3.62. The standard InChI is InChI=1S/C7H3Cl3O3/c8-3-1-2(7(12)13)4(9)6(11)5(3)10/h1,11H,(H,12,13). The normalized spacial score (nSPS) is 10.1. The van der Waals surface area contributed by atoms with Gasteiger partial charge in [0.05, 0.1) is 15.6 Å². The molecule has 6 heteroatoms. The molecule has 0 fully saturated rings. The summed E-state index contributed by atoms with van der Waals surface area (Å²) < 4.78 is 0. The van der Waals surface area contributed by atoms with Crippen LogP contribution in [0.3, 0.4) is 0 Å². The quantitative estimate of drug-likeness (QED) is 0.743. The van der Waals surface area contributed by atoms with Crippen molar-refractivity contribution in [2.24, 2.45) is 0 Å². The highest BCUT2D eigenvalue weighted by atomic mass is 35.5. The van der Waals surface area contributed by atoms with Crippen LogP contribution in [0.15, 0.2) is 6.07 Å². The Balaban J connectivity index is 3.50. The molecule has 0 radical (unpaired) electrons. The Labute approximate surface area is 88.5 Å². The van der Waals surface area contributed by atoms with Gasteiger partial charge in [-0.15, -0.1) is 0 Å². The van der Waals surface area contributed by atoms with Gasteiger partial charge in [-0.2, -0.15) is 0 Å². The topological polar surface area (TPSA) is 57.5 Å². The summed E-state index contributed by atoms with van der Waals surface area (Å²) in [6.07, 6.45) is 0. The number of benzene rings is 1. The molecule has 13 heavy (non-hydrogen) atoms. The van der Waals surface area contributed by atoms with Crippen molar-refractivity contribution in [3.63, 3.8) is 0 Å². The van der Waals surface area contributed by atoms with Gasteiger partial charge in [0.2, 0.25) is 0 Å². The minimum atomic E-state index is -1.28. The lowest BCUT2D eigenvalue weighted by molar-refractivity contribution is 0.0696. The molecule has 0 aliphatic rings. The van der Waals surface area contributed by atoms with E-state index in [1.165, 1.54) is 0 Å². The van der Waals surface area contributed by atoms with Crippen molar-refractivity contribution in [1.29, 1.82) is 0 Å². The molecule has 1 aromatic rings. The average Bonchev–Trinajstić information content (AvgIpc) is 2.07. The highest BCUT2D eigenvalue weighted by molar-refractivity contribution is 6.45. The van der Waals surface area contributed by atoms with Gasteiger partial charge >= 0.3 is 5.97 Å². The maximum atomic E-state index is 10.5. The Morgan fingerprint density at radius 3 is 2.23 bits per heavy atom. The van der Waals surface area contributed by atoms with Gasteiger partial charge in [0.15, 0.2) is 5.75 Å². The summed E-state index contributed by atoms with van der Waals surface area (Å²) in [6, 6.07) is 1.08. The first-order valence-corrected chi connectivity index (χ1v) is 4.18. The van der Waals surface area contributed by atoms with Crippen LogP contribution < -0.4 is 0 Å². The smallest absolute Gasteiger partial charge is 0.337 e. The molecule has 2 N–H and O–H groups in total. The molecule has 0 aliphatic heterocycles. The summed E-state index contributed by atoms with van der Waals surface area (Å²) >= 11 is 16.5. The first-order chi connectivity index (χ1) is 5.95. The van der Waals surface area contributed by atoms with Crippen molar-refractivity contribution in [1.82, 2.24) is 0 Å². The van der Waals surface area contributed by atoms with Crippen molar-refractivity contribution >= 4 is 40.8 Å². The fourth-order valence-corrected chi connectivity index (χ4v) is 1.37. The number of aromatic carboxylic acids is 1. The van der Waals surface area contributed by atoms with Crippen molar-refractivity contribution in [2.75, 3.05) is 0 Å². The van der Waals surface area contributed by atoms with E-state index in [4.69, 9.17) is 39.9 Å². The first kappa shape index (κ1) is 10.4. The van der Waals surface area contributed by atoms with E-state index < -0.39 is 11.7 Å². The molecule has 0 amide bonds. The predicted molar refractivity (Wildman–Crippen MR) is 50.1 cm³/mol. The maximum absolute atomic E-state index is 10.5. The van der Waals surface area contributed by atoms with Gasteiger partial charge in [0, 0.05) is 0 Å². The highest BCUT2D eigenvalue weighted by Crippen LogP contribution is 2.39. The van der Waals surface area contributed by atoms with Gasteiger partial charge in [-0.3, -0.25) is 0 Å². The fourth-order valence-electron chi connectivity index (χ4n) is 0.746. The summed E-state index contributed by atoms with van der Waals surface area (Å²) in [6.45, 7) is 0. The molecule has 0 spiro atoms. The van der Waals surface area contributed by atoms with Gasteiger partial charge in [-0.25, -0.2) is 4.79 Å². The molecule has 70 valence electrons. The molecule has 1 aromatic carbocycles. The van der Waals surface area contributed by atoms with E-state index in [2.05, 4.69) is 0 Å². The number of halogens is 3. The van der Waals surface area contributed by atoms with E-state index in [9.17, 15) is 9.90 Å². The third-order valence-electron chi connectivity index (χ3n) is 1.36. The van der Waals surface area contributed by atoms with Gasteiger partial charge in [0.25, 0.3) is 0 Å². The van der Waals surface area contributed by atoms with Crippen LogP contribution in [0, 0.1) is 0 Å². The second-order valence-electron chi connectivity index (χ2n) is 2.19. The summed E-state index contributed by atoms with van der Waals surface area (Å²) in [5.41, 5.74) is -0.284. The van der Waals surface area contributed by atoms with Crippen LogP contribution in [0.1, 0.15) is 10.4 Å². The summed E-state index contributed by atoms with van der Waals surface area (Å²) in [5.74, 6) is -1.80. The van der Waals surface area contributed by atoms with Crippen molar-refractivity contribution in [3.05, 3.63) is 26.7 Å². The largest absolute Gasteiger partial charge is 0.505 e. The molecule has 0 unspecified atom stereocenters. The molecular weight excluding hydrogens is 238 g/mol. The fraction of sp³-hybridized carbons (Fsp3) is 0. The number of carbonyl (C=O) groups is 1. The van der Waals surface area contributed by atoms with Crippen molar-refractivity contribution in [3.8, 4) is 5.75 Å². The molecule has 3 nitrogen and oxygen atoms in total. The molecule has 0 heterocycles. The van der Waals surface area contributed by atoms with Crippen LogP contribution in [0.5, 0.6) is 5.75 Å². The summed E-state index contributed by atoms with van der Waals surface area (Å²) in [4.78, 5) is 10.5. The van der Waals surface area contributed by atoms with Gasteiger partial charge < -0.3 is 10.2 Å². The van der Waals surface area contributed by atoms with Gasteiger partial charge in [-0.05, 0) is 6.07 Å². The van der Waals surface area contributed by atoms with Crippen LogP contribution in [0.25, 0.3) is 0 Å². The van der Waals surface area contributed by atoms with Crippen LogP contribution in [0.4, 0.5) is 0 Å². The third-order valence-corrected chi connectivity index (χ3v) is 2.52. The number of hydrogen-bond acceptors (Lipinski definition) is 2. The lowest BCUT2D eigenvalue weighted by Gasteiger charge is -2.04. The molecule has 0 aromatic heterocycles. The molecule has 0 saturated heterocycles. The maximum Gasteiger partial charge on any atom is 0.337 e. The Hall–Kier alpha value is -0.640. The van der Waals surface area contributed by atoms with E-state index in [1.807, 2.05) is 0 Å². The van der Waals surface area contributed by atoms with E-state index in [0.29, 0.717) is 0 Å². The zero-order valence-electron chi connectivity index (χ0n) is 6.01. The Bertz CT molecular complexity index is 376. The Kier molecular flexibility index (Phi) is 2.91. The van der Waals surface area contributed by atoms with Crippen molar-refractivity contribution in [2.45, 2.75) is 0 Å². The number of hydrogen-bond donors (Lipinski definition) is 2. The summed E-state index contributed by atoms with van der Waals surface area (Å²) in [5, 5.41) is 17.3. The number of rotatable bonds is 1. The van der Waals surface area contributed by atoms with Crippen LogP contribution >= 0.6 is 34.8 Å². The zero-order chi connectivity index (χ0) is 10.2. The molecule has 0 aliphatic carbocycles. The molecule has 0 atom stereocenters. The molecular formula is C7H3Cl3O3. The average molecular weight is 241 g/mol. The minimum Gasteiger partial charge on any atom is -0.505 e. The lowest BCUT2D eigenvalue weighted by atomic mass is 10.2. The number of aromatic hydroxyl groups is 1. The lowest BCUT2D eigenvalue weighted by Crippen LogP contribution is -1.97. The number of phenols is 1. The van der Waals surface area contributed by atoms with E-state index >= 15 is 0 Å². The van der Waals surface area contributed by atoms with E-state index in [1.54, 1.807) is 0 Å². The monoisotopic (exact) mass is 240 g/mol. The first-order valence-electron chi connectivity index (χ1n) is 3.05. The predicted octanol–water partition coefficient (Wildman–Crippen LogP) is 3.05. The molecule has 1 rings (SSSR count). The number of phenolic OH excluding ortho intramolecular Hbond substituents is 1. The van der Waals surface area contributed by atoms with Gasteiger partial charge in [0.1, 0.15) is 5.02 Å². The molecule has 0 bridgehead atoms. The van der Waals surface area contributed by atoms with Crippen LogP contribution in [0.2, 0.25) is 15.1 Å². The molecule has 0 saturated carbocycles. The third kappa shape index (κ3) is 1.82. The minimum absolute atomic E-state index is 0.0547. The SMILES string of the molecule is O=C(O)c1cc(Cl)c(Cl)c(O)c1Cl. The highest BCUT2D eigenvalue weighted by Gasteiger charge is 2.17. The Morgan fingerprint density at radius 2 is 1.77 bits per heavy atom. The van der Waals surface area contributed by atoms with Gasteiger partial charge in [-0.1, -0.05) is 34.8 Å². The number of carboxylic acids is 1. The zero-order valence-corrected chi connectivity index (χ0v) is 8.28. The summed E-state index contributed by atoms with van der Waals surface area (Å²) in [7, 11) is 0. The van der Waals surface area contributed by atoms with E-state index in [-0.39, 0.29) is 20.6 Å². The second-order valence-corrected chi connectivity index (χ2v) is 3.35. The van der Waals surface area contributed by atoms with Crippen LogP contribution in [-0.4, -0.2) is 16.2 Å². The Morgan fingerprint density at radius 1 is 1.23 bits per heavy atom. The van der Waals surface area contributed by atoms with Crippen molar-refractivity contribution < 1.29 is 15.0 Å².